The lowest BCUT2D eigenvalue weighted by molar-refractivity contribution is -0.145. The van der Waals surface area contributed by atoms with E-state index in [0.29, 0.717) is 22.0 Å². The fraction of sp³-hybridized carbons (Fsp3) is 0.267. The van der Waals surface area contributed by atoms with Gasteiger partial charge in [-0.25, -0.2) is 4.79 Å². The number of thioether (sulfide) groups is 1. The highest BCUT2D eigenvalue weighted by Crippen LogP contribution is 2.31. The Labute approximate surface area is 137 Å². The number of rotatable bonds is 6. The van der Waals surface area contributed by atoms with E-state index in [1.54, 1.807) is 31.2 Å². The molecule has 1 aromatic rings. The molecule has 1 saturated heterocycles. The highest BCUT2D eigenvalue weighted by atomic mass is 32.2. The van der Waals surface area contributed by atoms with Crippen LogP contribution in [0.4, 0.5) is 4.79 Å². The molecule has 0 spiro atoms. The van der Waals surface area contributed by atoms with Crippen molar-refractivity contribution in [3.63, 3.8) is 0 Å². The lowest BCUT2D eigenvalue weighted by Gasteiger charge is -2.11. The summed E-state index contributed by atoms with van der Waals surface area (Å²) in [6.45, 7) is 1.77. The third-order valence-electron chi connectivity index (χ3n) is 2.78. The van der Waals surface area contributed by atoms with Crippen LogP contribution in [-0.4, -0.2) is 37.4 Å². The van der Waals surface area contributed by atoms with Crippen LogP contribution >= 0.6 is 11.8 Å². The van der Waals surface area contributed by atoms with Gasteiger partial charge in [0.15, 0.2) is 18.1 Å². The maximum absolute atomic E-state index is 11.5. The Kier molecular flexibility index (Phi) is 5.64. The van der Waals surface area contributed by atoms with Crippen LogP contribution in [0.1, 0.15) is 12.5 Å². The summed E-state index contributed by atoms with van der Waals surface area (Å²) in [6.07, 6.45) is 1.57. The largest absolute Gasteiger partial charge is 0.493 e. The van der Waals surface area contributed by atoms with E-state index in [2.05, 4.69) is 5.32 Å². The third-order valence-corrected chi connectivity index (χ3v) is 3.59. The quantitative estimate of drug-likeness (QED) is 0.627. The van der Waals surface area contributed by atoms with Gasteiger partial charge in [-0.05, 0) is 42.5 Å². The number of carbonyl (C=O) groups is 3. The Morgan fingerprint density at radius 3 is 2.70 bits per heavy atom. The Balaban J connectivity index is 2.13. The molecule has 8 heteroatoms. The summed E-state index contributed by atoms with van der Waals surface area (Å²) >= 11 is 0.834. The van der Waals surface area contributed by atoms with E-state index in [-0.39, 0.29) is 13.2 Å². The summed E-state index contributed by atoms with van der Waals surface area (Å²) < 4.78 is 15.3. The molecule has 0 saturated carbocycles. The van der Waals surface area contributed by atoms with Gasteiger partial charge in [0.2, 0.25) is 0 Å². The second-order valence-electron chi connectivity index (χ2n) is 4.36. The fourth-order valence-electron chi connectivity index (χ4n) is 1.80. The summed E-state index contributed by atoms with van der Waals surface area (Å²) in [4.78, 5) is 34.3. The monoisotopic (exact) mass is 337 g/mol. The second kappa shape index (κ2) is 7.68. The zero-order valence-corrected chi connectivity index (χ0v) is 13.4. The number of esters is 1. The molecule has 2 rings (SSSR count). The minimum atomic E-state index is -0.474. The van der Waals surface area contributed by atoms with Crippen molar-refractivity contribution >= 4 is 35.0 Å². The summed E-state index contributed by atoms with van der Waals surface area (Å²) in [5, 5.41) is 1.78. The molecule has 122 valence electrons. The molecule has 0 aliphatic carbocycles. The Morgan fingerprint density at radius 2 is 2.09 bits per heavy atom. The average Bonchev–Trinajstić information content (AvgIpc) is 2.83. The van der Waals surface area contributed by atoms with Crippen molar-refractivity contribution in [2.75, 3.05) is 20.3 Å². The minimum Gasteiger partial charge on any atom is -0.493 e. The fourth-order valence-corrected chi connectivity index (χ4v) is 2.49. The Bertz CT molecular complexity index is 670. The van der Waals surface area contributed by atoms with Crippen LogP contribution in [0, 0.1) is 0 Å². The van der Waals surface area contributed by atoms with Gasteiger partial charge >= 0.3 is 5.97 Å². The number of hydrogen-bond donors (Lipinski definition) is 1. The number of carbonyl (C=O) groups excluding carboxylic acids is 3. The van der Waals surface area contributed by atoms with Crippen LogP contribution in [0.3, 0.4) is 0 Å². The van der Waals surface area contributed by atoms with E-state index >= 15 is 0 Å². The van der Waals surface area contributed by atoms with E-state index in [9.17, 15) is 14.4 Å². The zero-order chi connectivity index (χ0) is 16.8. The Morgan fingerprint density at radius 1 is 1.30 bits per heavy atom. The van der Waals surface area contributed by atoms with Gasteiger partial charge in [0.1, 0.15) is 0 Å². The van der Waals surface area contributed by atoms with E-state index in [4.69, 9.17) is 14.2 Å². The number of ether oxygens (including phenoxy) is 3. The normalized spacial score (nSPS) is 15.5. The number of nitrogens with one attached hydrogen (secondary N) is 1. The first-order chi connectivity index (χ1) is 11.0. The molecule has 2 amide bonds. The van der Waals surface area contributed by atoms with Crippen LogP contribution in [0.15, 0.2) is 23.1 Å². The highest BCUT2D eigenvalue weighted by Gasteiger charge is 2.25. The zero-order valence-electron chi connectivity index (χ0n) is 12.6. The number of benzene rings is 1. The highest BCUT2D eigenvalue weighted by molar-refractivity contribution is 8.18. The van der Waals surface area contributed by atoms with Gasteiger partial charge in [-0.1, -0.05) is 6.07 Å². The number of methoxy groups -OCH3 is 1. The van der Waals surface area contributed by atoms with Gasteiger partial charge in [0.25, 0.3) is 11.1 Å². The van der Waals surface area contributed by atoms with Crippen molar-refractivity contribution in [2.45, 2.75) is 6.92 Å². The SMILES string of the molecule is CCOC(=O)COc1ccc(/C=C2\SC(=O)NC2=O)cc1OC. The molecule has 1 aliphatic rings. The molecule has 0 radical (unpaired) electrons. The molecule has 1 aliphatic heterocycles. The molecule has 0 atom stereocenters. The predicted molar refractivity (Wildman–Crippen MR) is 84.2 cm³/mol. The number of amides is 2. The molecule has 23 heavy (non-hydrogen) atoms. The van der Waals surface area contributed by atoms with Crippen molar-refractivity contribution in [1.29, 1.82) is 0 Å². The van der Waals surface area contributed by atoms with Crippen LogP contribution in [0.5, 0.6) is 11.5 Å². The summed E-state index contributed by atoms with van der Waals surface area (Å²) in [6, 6.07) is 4.95. The lowest BCUT2D eigenvalue weighted by Crippen LogP contribution is -2.17. The second-order valence-corrected chi connectivity index (χ2v) is 5.37. The van der Waals surface area contributed by atoms with Gasteiger partial charge in [-0.2, -0.15) is 0 Å². The number of imide groups is 1. The first-order valence-electron chi connectivity index (χ1n) is 6.74. The maximum atomic E-state index is 11.5. The van der Waals surface area contributed by atoms with Crippen molar-refractivity contribution in [3.05, 3.63) is 28.7 Å². The summed E-state index contributed by atoms with van der Waals surface area (Å²) in [5.41, 5.74) is 0.665. The van der Waals surface area contributed by atoms with Crippen molar-refractivity contribution < 1.29 is 28.6 Å². The van der Waals surface area contributed by atoms with Gasteiger partial charge in [0.05, 0.1) is 18.6 Å². The summed E-state index contributed by atoms with van der Waals surface area (Å²) in [5.74, 6) is -0.124. The Hall–Kier alpha value is -2.48. The maximum Gasteiger partial charge on any atom is 0.344 e. The first kappa shape index (κ1) is 16.9. The minimum absolute atomic E-state index is 0.225. The molecule has 0 unspecified atom stereocenters. The third kappa shape index (κ3) is 4.49. The molecule has 1 aromatic carbocycles. The van der Waals surface area contributed by atoms with Crippen LogP contribution < -0.4 is 14.8 Å². The smallest absolute Gasteiger partial charge is 0.344 e. The molecule has 0 bridgehead atoms. The predicted octanol–water partition coefficient (Wildman–Crippen LogP) is 1.96. The van der Waals surface area contributed by atoms with Crippen LogP contribution in [0.25, 0.3) is 6.08 Å². The van der Waals surface area contributed by atoms with E-state index in [1.807, 2.05) is 0 Å². The van der Waals surface area contributed by atoms with Crippen molar-refractivity contribution in [1.82, 2.24) is 5.32 Å². The van der Waals surface area contributed by atoms with E-state index < -0.39 is 17.1 Å². The topological polar surface area (TPSA) is 90.9 Å². The molecular weight excluding hydrogens is 322 g/mol. The molecular formula is C15H15NO6S. The van der Waals surface area contributed by atoms with Crippen LogP contribution in [-0.2, 0) is 14.3 Å². The lowest BCUT2D eigenvalue weighted by atomic mass is 10.2. The average molecular weight is 337 g/mol. The summed E-state index contributed by atoms with van der Waals surface area (Å²) in [7, 11) is 1.46. The molecule has 0 aromatic heterocycles. The number of hydrogen-bond acceptors (Lipinski definition) is 7. The van der Waals surface area contributed by atoms with Crippen molar-refractivity contribution in [3.8, 4) is 11.5 Å². The van der Waals surface area contributed by atoms with Crippen molar-refractivity contribution in [2.24, 2.45) is 0 Å². The van der Waals surface area contributed by atoms with Gasteiger partial charge in [-0.15, -0.1) is 0 Å². The van der Waals surface area contributed by atoms with Gasteiger partial charge in [0, 0.05) is 0 Å². The standard InChI is InChI=1S/C15H15NO6S/c1-3-21-13(17)8-22-10-5-4-9(6-11(10)20-2)7-12-14(18)16-15(19)23-12/h4-7H,3,8H2,1-2H3,(H,16,18,19)/b12-7-. The molecule has 1 N–H and O–H groups in total. The van der Waals surface area contributed by atoms with Gasteiger partial charge in [-0.3, -0.25) is 14.9 Å². The van der Waals surface area contributed by atoms with Gasteiger partial charge < -0.3 is 14.2 Å². The molecule has 1 fully saturated rings. The molecule has 7 nitrogen and oxygen atoms in total. The molecule has 1 heterocycles. The van der Waals surface area contributed by atoms with E-state index in [0.717, 1.165) is 11.8 Å². The van der Waals surface area contributed by atoms with Crippen LogP contribution in [0.2, 0.25) is 0 Å². The van der Waals surface area contributed by atoms with E-state index in [1.165, 1.54) is 7.11 Å². The first-order valence-corrected chi connectivity index (χ1v) is 7.56.